The summed E-state index contributed by atoms with van der Waals surface area (Å²) in [5.41, 5.74) is 0. The number of carbonyl (C=O) groups excluding carboxylic acids is 1. The Labute approximate surface area is 150 Å². The van der Waals surface area contributed by atoms with Crippen molar-refractivity contribution in [3.8, 4) is 0 Å². The fourth-order valence-corrected chi connectivity index (χ4v) is 3.83. The van der Waals surface area contributed by atoms with E-state index in [1.165, 1.54) is 19.3 Å². The molecule has 2 aliphatic rings. The van der Waals surface area contributed by atoms with Gasteiger partial charge in [-0.3, -0.25) is 9.69 Å². The van der Waals surface area contributed by atoms with Crippen molar-refractivity contribution < 1.29 is 9.53 Å². The number of nitrogens with one attached hydrogen (secondary N) is 1. The van der Waals surface area contributed by atoms with Gasteiger partial charge in [0.2, 0.25) is 5.91 Å². The monoisotopic (exact) mass is 349 g/mol. The number of ether oxygens (including phenoxy) is 1. The van der Waals surface area contributed by atoms with E-state index in [1.807, 2.05) is 18.5 Å². The fraction of sp³-hybridized carbons (Fsp3) is 0.833. The van der Waals surface area contributed by atoms with E-state index in [0.717, 1.165) is 50.7 Å². The Morgan fingerprint density at radius 3 is 2.80 bits per heavy atom. The molecular formula is C18H31N5O2. The maximum atomic E-state index is 12.2. The van der Waals surface area contributed by atoms with Crippen LogP contribution in [0.5, 0.6) is 0 Å². The average molecular weight is 349 g/mol. The summed E-state index contributed by atoms with van der Waals surface area (Å²) in [4.78, 5) is 18.8. The molecule has 0 radical (unpaired) electrons. The number of carbonyl (C=O) groups is 1. The number of rotatable bonds is 6. The molecule has 3 rings (SSSR count). The largest absolute Gasteiger partial charge is 0.374 e. The number of aromatic nitrogens is 3. The predicted molar refractivity (Wildman–Crippen MR) is 95.3 cm³/mol. The Hall–Kier alpha value is -1.47. The first-order valence-corrected chi connectivity index (χ1v) is 9.61. The minimum atomic E-state index is 0.106. The number of hydrogen-bond acceptors (Lipinski definition) is 5. The molecule has 1 atom stereocenters. The SMILES string of the molecule is Cc1nc(C)n(C[C@@H]2CN(CCC(=O)NC3CCCCC3)CCO2)n1. The zero-order chi connectivity index (χ0) is 17.6. The van der Waals surface area contributed by atoms with Crippen molar-refractivity contribution >= 4 is 5.91 Å². The molecule has 1 saturated carbocycles. The first kappa shape index (κ1) is 18.3. The second-order valence-corrected chi connectivity index (χ2v) is 7.33. The van der Waals surface area contributed by atoms with E-state index < -0.39 is 0 Å². The molecule has 1 saturated heterocycles. The van der Waals surface area contributed by atoms with E-state index in [1.54, 1.807) is 0 Å². The van der Waals surface area contributed by atoms with Gasteiger partial charge >= 0.3 is 0 Å². The fourth-order valence-electron chi connectivity index (χ4n) is 3.83. The molecule has 0 spiro atoms. The summed E-state index contributed by atoms with van der Waals surface area (Å²) < 4.78 is 7.79. The van der Waals surface area contributed by atoms with Crippen LogP contribution >= 0.6 is 0 Å². The summed E-state index contributed by atoms with van der Waals surface area (Å²) in [6.07, 6.45) is 6.77. The number of morpholine rings is 1. The van der Waals surface area contributed by atoms with Gasteiger partial charge in [0.25, 0.3) is 0 Å². The highest BCUT2D eigenvalue weighted by Crippen LogP contribution is 2.17. The van der Waals surface area contributed by atoms with Crippen LogP contribution in [-0.4, -0.2) is 64.0 Å². The van der Waals surface area contributed by atoms with Crippen molar-refractivity contribution in [3.05, 3.63) is 11.6 Å². The standard InChI is InChI=1S/C18H31N5O2/c1-14-19-15(2)23(21-14)13-17-12-22(10-11-25-17)9-8-18(24)20-16-6-4-3-5-7-16/h16-17H,3-13H2,1-2H3,(H,20,24)/t17-/m0/s1. The summed E-state index contributed by atoms with van der Waals surface area (Å²) in [7, 11) is 0. The Kier molecular flexibility index (Phi) is 6.42. The number of aryl methyl sites for hydroxylation is 2. The average Bonchev–Trinajstić information content (AvgIpc) is 2.91. The van der Waals surface area contributed by atoms with Crippen LogP contribution in [0.2, 0.25) is 0 Å². The van der Waals surface area contributed by atoms with E-state index in [9.17, 15) is 4.79 Å². The van der Waals surface area contributed by atoms with Gasteiger partial charge in [-0.2, -0.15) is 5.10 Å². The van der Waals surface area contributed by atoms with E-state index in [4.69, 9.17) is 4.74 Å². The lowest BCUT2D eigenvalue weighted by molar-refractivity contribution is -0.122. The van der Waals surface area contributed by atoms with Gasteiger partial charge in [-0.15, -0.1) is 0 Å². The Morgan fingerprint density at radius 1 is 1.28 bits per heavy atom. The van der Waals surface area contributed by atoms with Crippen LogP contribution < -0.4 is 5.32 Å². The molecule has 140 valence electrons. The van der Waals surface area contributed by atoms with Gasteiger partial charge < -0.3 is 10.1 Å². The summed E-state index contributed by atoms with van der Waals surface area (Å²) >= 11 is 0. The number of nitrogens with zero attached hydrogens (tertiary/aromatic N) is 4. The van der Waals surface area contributed by atoms with E-state index in [2.05, 4.69) is 20.3 Å². The Bertz CT molecular complexity index is 568. The van der Waals surface area contributed by atoms with Gasteiger partial charge in [0.1, 0.15) is 11.6 Å². The maximum Gasteiger partial charge on any atom is 0.221 e. The Morgan fingerprint density at radius 2 is 2.08 bits per heavy atom. The molecule has 0 unspecified atom stereocenters. The van der Waals surface area contributed by atoms with Gasteiger partial charge in [0.05, 0.1) is 19.3 Å². The van der Waals surface area contributed by atoms with Crippen molar-refractivity contribution in [2.24, 2.45) is 0 Å². The van der Waals surface area contributed by atoms with Crippen LogP contribution in [0.3, 0.4) is 0 Å². The molecule has 1 aliphatic carbocycles. The highest BCUT2D eigenvalue weighted by molar-refractivity contribution is 5.76. The first-order valence-electron chi connectivity index (χ1n) is 9.61. The van der Waals surface area contributed by atoms with Crippen LogP contribution in [0, 0.1) is 13.8 Å². The van der Waals surface area contributed by atoms with Crippen molar-refractivity contribution in [1.29, 1.82) is 0 Å². The van der Waals surface area contributed by atoms with Gasteiger partial charge in [0, 0.05) is 32.1 Å². The van der Waals surface area contributed by atoms with E-state index >= 15 is 0 Å². The van der Waals surface area contributed by atoms with Crippen LogP contribution in [0.25, 0.3) is 0 Å². The Balaban J connectivity index is 1.40. The van der Waals surface area contributed by atoms with Crippen LogP contribution in [0.1, 0.15) is 50.2 Å². The van der Waals surface area contributed by atoms with Gasteiger partial charge in [-0.25, -0.2) is 9.67 Å². The third-order valence-electron chi connectivity index (χ3n) is 5.19. The molecule has 1 aliphatic heterocycles. The molecule has 0 aromatic carbocycles. The minimum Gasteiger partial charge on any atom is -0.374 e. The summed E-state index contributed by atoms with van der Waals surface area (Å²) in [6.45, 7) is 7.84. The van der Waals surface area contributed by atoms with E-state index in [-0.39, 0.29) is 12.0 Å². The van der Waals surface area contributed by atoms with Crippen LogP contribution in [0.4, 0.5) is 0 Å². The second-order valence-electron chi connectivity index (χ2n) is 7.33. The highest BCUT2D eigenvalue weighted by Gasteiger charge is 2.23. The molecule has 1 aromatic heterocycles. The molecule has 2 fully saturated rings. The summed E-state index contributed by atoms with van der Waals surface area (Å²) in [5.74, 6) is 1.91. The zero-order valence-electron chi connectivity index (χ0n) is 15.5. The first-order chi connectivity index (χ1) is 12.1. The van der Waals surface area contributed by atoms with Crippen molar-refractivity contribution in [3.63, 3.8) is 0 Å². The summed E-state index contributed by atoms with van der Waals surface area (Å²) in [6, 6.07) is 0.400. The molecule has 7 nitrogen and oxygen atoms in total. The predicted octanol–water partition coefficient (Wildman–Crippen LogP) is 1.43. The molecule has 1 amide bonds. The summed E-state index contributed by atoms with van der Waals surface area (Å²) in [5, 5.41) is 7.61. The zero-order valence-corrected chi connectivity index (χ0v) is 15.5. The lowest BCUT2D eigenvalue weighted by atomic mass is 9.95. The minimum absolute atomic E-state index is 0.106. The molecule has 7 heteroatoms. The number of hydrogen-bond donors (Lipinski definition) is 1. The van der Waals surface area contributed by atoms with Gasteiger partial charge in [-0.05, 0) is 26.7 Å². The number of amides is 1. The molecule has 1 aromatic rings. The van der Waals surface area contributed by atoms with Gasteiger partial charge in [0.15, 0.2) is 0 Å². The lowest BCUT2D eigenvalue weighted by Crippen LogP contribution is -2.46. The lowest BCUT2D eigenvalue weighted by Gasteiger charge is -2.33. The van der Waals surface area contributed by atoms with Crippen molar-refractivity contribution in [2.45, 2.75) is 71.1 Å². The third-order valence-corrected chi connectivity index (χ3v) is 5.19. The van der Waals surface area contributed by atoms with Crippen LogP contribution in [-0.2, 0) is 16.1 Å². The van der Waals surface area contributed by atoms with Gasteiger partial charge in [-0.1, -0.05) is 19.3 Å². The van der Waals surface area contributed by atoms with Crippen LogP contribution in [0.15, 0.2) is 0 Å². The van der Waals surface area contributed by atoms with Crippen molar-refractivity contribution in [1.82, 2.24) is 25.0 Å². The normalized spacial score (nSPS) is 22.9. The second kappa shape index (κ2) is 8.76. The quantitative estimate of drug-likeness (QED) is 0.841. The smallest absolute Gasteiger partial charge is 0.221 e. The molecule has 0 bridgehead atoms. The topological polar surface area (TPSA) is 72.3 Å². The van der Waals surface area contributed by atoms with Crippen molar-refractivity contribution in [2.75, 3.05) is 26.2 Å². The third kappa shape index (κ3) is 5.51. The molecular weight excluding hydrogens is 318 g/mol. The van der Waals surface area contributed by atoms with E-state index in [0.29, 0.717) is 19.1 Å². The molecule has 1 N–H and O–H groups in total. The molecule has 25 heavy (non-hydrogen) atoms. The highest BCUT2D eigenvalue weighted by atomic mass is 16.5. The molecule has 2 heterocycles. The maximum absolute atomic E-state index is 12.2.